The minimum Gasteiger partial charge on any atom is -0.364 e. The van der Waals surface area contributed by atoms with Crippen molar-refractivity contribution in [3.63, 3.8) is 0 Å². The van der Waals surface area contributed by atoms with Crippen LogP contribution in [0.2, 0.25) is 0 Å². The molecule has 0 fully saturated rings. The van der Waals surface area contributed by atoms with Crippen molar-refractivity contribution in [3.8, 4) is 0 Å². The van der Waals surface area contributed by atoms with E-state index >= 15 is 0 Å². The normalized spacial score (nSPS) is 10.3. The van der Waals surface area contributed by atoms with E-state index in [4.69, 9.17) is 16.7 Å². The number of unbranched alkanes of at least 4 members (excludes halogenated alkanes) is 2. The van der Waals surface area contributed by atoms with Crippen LogP contribution in [0.15, 0.2) is 35.1 Å². The highest BCUT2D eigenvalue weighted by atomic mass is 32.1. The van der Waals surface area contributed by atoms with Gasteiger partial charge in [-0.05, 0) is 49.7 Å². The number of anilines is 1. The third-order valence-electron chi connectivity index (χ3n) is 3.50. The maximum Gasteiger partial charge on any atom is 0.262 e. The molecule has 0 spiro atoms. The number of aryl methyl sites for hydroxylation is 2. The number of nitrogens with zero attached hydrogens (tertiary/aromatic N) is 1. The molecule has 2 aromatic rings. The minimum atomic E-state index is -0.336. The maximum atomic E-state index is 12.0. The fourth-order valence-corrected chi connectivity index (χ4v) is 2.39. The molecule has 1 aromatic heterocycles. The standard InChI is InChI=1S/C17H21N3O2S/c1-3-4-5-6-13-7-9-14(10-8-13)18-17(23)19-16(21)15-11-22-20-12(15)2/h7-11H,3-6H2,1-2H3,(H2,18,19,21,23). The zero-order chi connectivity index (χ0) is 16.7. The molecule has 2 rings (SSSR count). The fraction of sp³-hybridized carbons (Fsp3) is 0.353. The van der Waals surface area contributed by atoms with Crippen LogP contribution in [0.5, 0.6) is 0 Å². The number of aromatic nitrogens is 1. The van der Waals surface area contributed by atoms with Crippen molar-refractivity contribution in [2.45, 2.75) is 39.5 Å². The minimum absolute atomic E-state index is 0.245. The van der Waals surface area contributed by atoms with Crippen LogP contribution < -0.4 is 10.6 Å². The summed E-state index contributed by atoms with van der Waals surface area (Å²) in [5.41, 5.74) is 3.05. The van der Waals surface area contributed by atoms with E-state index in [1.807, 2.05) is 12.1 Å². The Hall–Kier alpha value is -2.21. The quantitative estimate of drug-likeness (QED) is 0.622. The van der Waals surface area contributed by atoms with E-state index < -0.39 is 0 Å². The number of thiocarbonyl (C=S) groups is 1. The SMILES string of the molecule is CCCCCc1ccc(NC(=S)NC(=O)c2conc2C)cc1. The summed E-state index contributed by atoms with van der Waals surface area (Å²) in [6.07, 6.45) is 6.06. The highest BCUT2D eigenvalue weighted by Crippen LogP contribution is 2.12. The van der Waals surface area contributed by atoms with Gasteiger partial charge in [-0.3, -0.25) is 10.1 Å². The van der Waals surface area contributed by atoms with Crippen molar-refractivity contribution in [1.82, 2.24) is 10.5 Å². The molecule has 0 unspecified atom stereocenters. The van der Waals surface area contributed by atoms with Gasteiger partial charge < -0.3 is 9.84 Å². The molecule has 0 bridgehead atoms. The molecule has 0 aliphatic rings. The van der Waals surface area contributed by atoms with Crippen LogP contribution in [-0.4, -0.2) is 16.2 Å². The van der Waals surface area contributed by atoms with Crippen LogP contribution in [0.1, 0.15) is 47.8 Å². The largest absolute Gasteiger partial charge is 0.364 e. The second-order valence-electron chi connectivity index (χ2n) is 5.38. The monoisotopic (exact) mass is 331 g/mol. The predicted octanol–water partition coefficient (Wildman–Crippen LogP) is 3.84. The van der Waals surface area contributed by atoms with Crippen LogP contribution in [0, 0.1) is 6.92 Å². The lowest BCUT2D eigenvalue weighted by atomic mass is 10.1. The fourth-order valence-electron chi connectivity index (χ4n) is 2.18. The number of amides is 1. The number of hydrogen-bond acceptors (Lipinski definition) is 4. The molecular weight excluding hydrogens is 310 g/mol. The topological polar surface area (TPSA) is 67.2 Å². The Kier molecular flexibility index (Phi) is 6.29. The zero-order valence-corrected chi connectivity index (χ0v) is 14.2. The Morgan fingerprint density at radius 2 is 2.00 bits per heavy atom. The molecule has 1 amide bonds. The van der Waals surface area contributed by atoms with Gasteiger partial charge in [0.25, 0.3) is 5.91 Å². The third kappa shape index (κ3) is 5.17. The molecule has 0 radical (unpaired) electrons. The molecule has 1 aromatic carbocycles. The lowest BCUT2D eigenvalue weighted by Crippen LogP contribution is -2.34. The second-order valence-corrected chi connectivity index (χ2v) is 5.78. The van der Waals surface area contributed by atoms with Crippen molar-refractivity contribution in [2.24, 2.45) is 0 Å². The van der Waals surface area contributed by atoms with Gasteiger partial charge in [-0.25, -0.2) is 0 Å². The van der Waals surface area contributed by atoms with E-state index in [1.165, 1.54) is 31.1 Å². The van der Waals surface area contributed by atoms with E-state index in [0.717, 1.165) is 12.1 Å². The molecule has 5 nitrogen and oxygen atoms in total. The second kappa shape index (κ2) is 8.43. The molecule has 0 aliphatic heterocycles. The van der Waals surface area contributed by atoms with Crippen molar-refractivity contribution < 1.29 is 9.32 Å². The van der Waals surface area contributed by atoms with Crippen molar-refractivity contribution in [2.75, 3.05) is 5.32 Å². The summed E-state index contributed by atoms with van der Waals surface area (Å²) in [6.45, 7) is 3.90. The number of benzene rings is 1. The maximum absolute atomic E-state index is 12.0. The lowest BCUT2D eigenvalue weighted by Gasteiger charge is -2.09. The molecule has 1 heterocycles. The Labute approximate surface area is 141 Å². The summed E-state index contributed by atoms with van der Waals surface area (Å²) in [4.78, 5) is 12.0. The van der Waals surface area contributed by atoms with E-state index in [-0.39, 0.29) is 11.0 Å². The molecule has 122 valence electrons. The van der Waals surface area contributed by atoms with Gasteiger partial charge >= 0.3 is 0 Å². The van der Waals surface area contributed by atoms with Crippen LogP contribution in [0.4, 0.5) is 5.69 Å². The Bertz CT molecular complexity index is 665. The molecule has 23 heavy (non-hydrogen) atoms. The van der Waals surface area contributed by atoms with Gasteiger partial charge in [0.05, 0.1) is 5.69 Å². The Balaban J connectivity index is 1.85. The molecule has 6 heteroatoms. The molecular formula is C17H21N3O2S. The van der Waals surface area contributed by atoms with Gasteiger partial charge in [0.15, 0.2) is 5.11 Å². The average Bonchev–Trinajstić information content (AvgIpc) is 2.95. The van der Waals surface area contributed by atoms with E-state index in [0.29, 0.717) is 11.3 Å². The van der Waals surface area contributed by atoms with Gasteiger partial charge in [-0.15, -0.1) is 0 Å². The van der Waals surface area contributed by atoms with Crippen LogP contribution >= 0.6 is 12.2 Å². The summed E-state index contributed by atoms with van der Waals surface area (Å²) >= 11 is 5.15. The van der Waals surface area contributed by atoms with Crippen molar-refractivity contribution in [1.29, 1.82) is 0 Å². The first-order valence-corrected chi connectivity index (χ1v) is 8.13. The lowest BCUT2D eigenvalue weighted by molar-refractivity contribution is 0.0976. The van der Waals surface area contributed by atoms with Crippen molar-refractivity contribution >= 4 is 28.9 Å². The highest BCUT2D eigenvalue weighted by molar-refractivity contribution is 7.80. The van der Waals surface area contributed by atoms with Crippen LogP contribution in [-0.2, 0) is 6.42 Å². The Morgan fingerprint density at radius 3 is 2.61 bits per heavy atom. The summed E-state index contributed by atoms with van der Waals surface area (Å²) in [5.74, 6) is -0.336. The van der Waals surface area contributed by atoms with Crippen molar-refractivity contribution in [3.05, 3.63) is 47.3 Å². The van der Waals surface area contributed by atoms with E-state index in [1.54, 1.807) is 6.92 Å². The molecule has 0 atom stereocenters. The molecule has 0 saturated carbocycles. The van der Waals surface area contributed by atoms with Gasteiger partial charge in [-0.2, -0.15) is 0 Å². The molecule has 0 saturated heterocycles. The van der Waals surface area contributed by atoms with E-state index in [9.17, 15) is 4.79 Å². The molecule has 2 N–H and O–H groups in total. The summed E-state index contributed by atoms with van der Waals surface area (Å²) in [5, 5.41) is 9.52. The first-order chi connectivity index (χ1) is 11.1. The first kappa shape index (κ1) is 17.1. The number of hydrogen-bond donors (Lipinski definition) is 2. The van der Waals surface area contributed by atoms with E-state index in [2.05, 4.69) is 34.8 Å². The van der Waals surface area contributed by atoms with Crippen LogP contribution in [0.25, 0.3) is 0 Å². The third-order valence-corrected chi connectivity index (χ3v) is 3.71. The summed E-state index contributed by atoms with van der Waals surface area (Å²) in [6, 6.07) is 8.08. The van der Waals surface area contributed by atoms with Gasteiger partial charge in [-0.1, -0.05) is 37.1 Å². The highest BCUT2D eigenvalue weighted by Gasteiger charge is 2.13. The zero-order valence-electron chi connectivity index (χ0n) is 13.4. The number of nitrogens with one attached hydrogen (secondary N) is 2. The Morgan fingerprint density at radius 1 is 1.26 bits per heavy atom. The number of rotatable bonds is 6. The summed E-state index contributed by atoms with van der Waals surface area (Å²) < 4.78 is 4.75. The number of carbonyl (C=O) groups is 1. The average molecular weight is 331 g/mol. The molecule has 0 aliphatic carbocycles. The predicted molar refractivity (Wildman–Crippen MR) is 94.6 cm³/mol. The van der Waals surface area contributed by atoms with Crippen LogP contribution in [0.3, 0.4) is 0 Å². The summed E-state index contributed by atoms with van der Waals surface area (Å²) in [7, 11) is 0. The van der Waals surface area contributed by atoms with Gasteiger partial charge in [0.1, 0.15) is 11.8 Å². The number of carbonyl (C=O) groups excluding carboxylic acids is 1. The van der Waals surface area contributed by atoms with Gasteiger partial charge in [0, 0.05) is 5.69 Å². The van der Waals surface area contributed by atoms with Gasteiger partial charge in [0.2, 0.25) is 0 Å². The first-order valence-electron chi connectivity index (χ1n) is 7.72. The smallest absolute Gasteiger partial charge is 0.262 e.